The summed E-state index contributed by atoms with van der Waals surface area (Å²) in [4.78, 5) is 14.8. The number of rotatable bonds is 4. The Bertz CT molecular complexity index is 337. The van der Waals surface area contributed by atoms with E-state index in [1.165, 1.54) is 44.9 Å². The van der Waals surface area contributed by atoms with Gasteiger partial charge in [-0.25, -0.2) is 0 Å². The van der Waals surface area contributed by atoms with E-state index in [4.69, 9.17) is 0 Å². The van der Waals surface area contributed by atoms with Crippen LogP contribution in [0.5, 0.6) is 0 Å². The largest absolute Gasteiger partial charge is 0.354 e. The van der Waals surface area contributed by atoms with Crippen LogP contribution in [0.4, 0.5) is 0 Å². The Labute approximate surface area is 117 Å². The fourth-order valence-electron chi connectivity index (χ4n) is 5.05. The molecule has 19 heavy (non-hydrogen) atoms. The second-order valence-corrected chi connectivity index (χ2v) is 7.60. The Morgan fingerprint density at radius 1 is 1.11 bits per heavy atom. The summed E-state index contributed by atoms with van der Waals surface area (Å²) in [6.45, 7) is 1.74. The van der Waals surface area contributed by atoms with Gasteiger partial charge < -0.3 is 10.2 Å². The van der Waals surface area contributed by atoms with Crippen molar-refractivity contribution in [3.63, 3.8) is 0 Å². The summed E-state index contributed by atoms with van der Waals surface area (Å²) >= 11 is 0. The van der Waals surface area contributed by atoms with Crippen molar-refractivity contribution < 1.29 is 4.79 Å². The van der Waals surface area contributed by atoms with E-state index in [-0.39, 0.29) is 5.41 Å². The van der Waals surface area contributed by atoms with Crippen molar-refractivity contribution in [2.45, 2.75) is 44.9 Å². The first-order chi connectivity index (χ1) is 9.07. The minimum atomic E-state index is 0.0132. The van der Waals surface area contributed by atoms with Gasteiger partial charge in [-0.3, -0.25) is 4.79 Å². The normalized spacial score (nSPS) is 40.5. The number of carbonyl (C=O) groups excluding carboxylic acids is 1. The second-order valence-electron chi connectivity index (χ2n) is 7.60. The molecule has 108 valence electrons. The molecule has 2 unspecified atom stereocenters. The number of hydrogen-bond acceptors (Lipinski definition) is 2. The molecule has 0 aromatic carbocycles. The first-order valence-corrected chi connectivity index (χ1v) is 8.00. The Morgan fingerprint density at radius 2 is 1.68 bits per heavy atom. The highest BCUT2D eigenvalue weighted by Gasteiger charge is 2.52. The minimum absolute atomic E-state index is 0.0132. The quantitative estimate of drug-likeness (QED) is 0.845. The predicted molar refractivity (Wildman–Crippen MR) is 76.8 cm³/mol. The number of amides is 1. The van der Waals surface area contributed by atoms with E-state index < -0.39 is 0 Å². The van der Waals surface area contributed by atoms with Gasteiger partial charge in [0.25, 0.3) is 0 Å². The van der Waals surface area contributed by atoms with Crippen LogP contribution in [0.1, 0.15) is 44.9 Å². The van der Waals surface area contributed by atoms with Gasteiger partial charge in [-0.1, -0.05) is 12.8 Å². The van der Waals surface area contributed by atoms with Crippen LogP contribution in [0.15, 0.2) is 0 Å². The number of nitrogens with zero attached hydrogens (tertiary/aromatic N) is 1. The van der Waals surface area contributed by atoms with Crippen LogP contribution in [0.2, 0.25) is 0 Å². The predicted octanol–water partition coefficient (Wildman–Crippen LogP) is 2.27. The molecule has 4 saturated carbocycles. The van der Waals surface area contributed by atoms with Crippen molar-refractivity contribution in [1.82, 2.24) is 10.2 Å². The van der Waals surface area contributed by atoms with Crippen LogP contribution in [0, 0.1) is 23.2 Å². The van der Waals surface area contributed by atoms with E-state index in [1.807, 2.05) is 0 Å². The third-order valence-electron chi connectivity index (χ3n) is 5.68. The monoisotopic (exact) mass is 264 g/mol. The summed E-state index contributed by atoms with van der Waals surface area (Å²) in [6.07, 6.45) is 9.10. The average Bonchev–Trinajstić information content (AvgIpc) is 2.55. The lowest BCUT2D eigenvalue weighted by atomic mass is 9.58. The van der Waals surface area contributed by atoms with E-state index in [9.17, 15) is 4.79 Å². The molecule has 0 heterocycles. The molecule has 4 bridgehead atoms. The Balaban J connectivity index is 1.67. The maximum atomic E-state index is 12.7. The van der Waals surface area contributed by atoms with Crippen molar-refractivity contribution in [2.75, 3.05) is 27.2 Å². The van der Waals surface area contributed by atoms with E-state index >= 15 is 0 Å². The van der Waals surface area contributed by atoms with Gasteiger partial charge >= 0.3 is 0 Å². The van der Waals surface area contributed by atoms with Crippen molar-refractivity contribution >= 4 is 5.91 Å². The molecule has 4 aliphatic rings. The van der Waals surface area contributed by atoms with Gasteiger partial charge in [-0.05, 0) is 64.0 Å². The molecular formula is C16H28N2O. The van der Waals surface area contributed by atoms with E-state index in [0.29, 0.717) is 5.91 Å². The lowest BCUT2D eigenvalue weighted by Crippen LogP contribution is -2.49. The smallest absolute Gasteiger partial charge is 0.226 e. The minimum Gasteiger partial charge on any atom is -0.354 e. The van der Waals surface area contributed by atoms with E-state index in [2.05, 4.69) is 24.3 Å². The lowest BCUT2D eigenvalue weighted by Gasteiger charge is -2.47. The molecular weight excluding hydrogens is 236 g/mol. The molecule has 4 rings (SSSR count). The van der Waals surface area contributed by atoms with Gasteiger partial charge in [0, 0.05) is 18.5 Å². The third-order valence-corrected chi connectivity index (χ3v) is 5.68. The molecule has 4 atom stereocenters. The van der Waals surface area contributed by atoms with Crippen molar-refractivity contribution in [1.29, 1.82) is 0 Å². The zero-order valence-corrected chi connectivity index (χ0v) is 12.5. The molecule has 3 nitrogen and oxygen atoms in total. The fraction of sp³-hybridized carbons (Fsp3) is 0.938. The van der Waals surface area contributed by atoms with Gasteiger partial charge in [0.2, 0.25) is 5.91 Å². The molecule has 1 N–H and O–H groups in total. The van der Waals surface area contributed by atoms with Crippen LogP contribution >= 0.6 is 0 Å². The lowest BCUT2D eigenvalue weighted by molar-refractivity contribution is -0.138. The summed E-state index contributed by atoms with van der Waals surface area (Å²) in [7, 11) is 4.11. The molecule has 4 fully saturated rings. The third kappa shape index (κ3) is 2.67. The van der Waals surface area contributed by atoms with Crippen LogP contribution in [0.25, 0.3) is 0 Å². The number of hydrogen-bond donors (Lipinski definition) is 1. The van der Waals surface area contributed by atoms with E-state index in [1.54, 1.807) is 0 Å². The highest BCUT2D eigenvalue weighted by atomic mass is 16.2. The summed E-state index contributed by atoms with van der Waals surface area (Å²) in [5, 5.41) is 3.22. The number of fused-ring (bicyclic) bond motifs is 1. The number of carbonyl (C=O) groups is 1. The van der Waals surface area contributed by atoms with Gasteiger partial charge in [0.1, 0.15) is 0 Å². The summed E-state index contributed by atoms with van der Waals surface area (Å²) in [5.74, 6) is 2.90. The summed E-state index contributed by atoms with van der Waals surface area (Å²) < 4.78 is 0. The van der Waals surface area contributed by atoms with Crippen LogP contribution < -0.4 is 5.32 Å². The van der Waals surface area contributed by atoms with Gasteiger partial charge in [-0.15, -0.1) is 0 Å². The van der Waals surface area contributed by atoms with Gasteiger partial charge in [0.05, 0.1) is 0 Å². The van der Waals surface area contributed by atoms with Crippen LogP contribution in [0.3, 0.4) is 0 Å². The van der Waals surface area contributed by atoms with Crippen LogP contribution in [-0.4, -0.2) is 38.0 Å². The Morgan fingerprint density at radius 3 is 2.26 bits per heavy atom. The first-order valence-electron chi connectivity index (χ1n) is 8.00. The summed E-state index contributed by atoms with van der Waals surface area (Å²) in [5.41, 5.74) is 0.0132. The molecule has 0 radical (unpaired) electrons. The SMILES string of the molecule is CN(C)CCNC(=O)C12CC3C[C@@H](CC[C@@H](C3)C1)C2. The molecule has 0 spiro atoms. The van der Waals surface area contributed by atoms with Crippen molar-refractivity contribution in [2.24, 2.45) is 23.2 Å². The Kier molecular flexibility index (Phi) is 3.59. The molecule has 0 aliphatic heterocycles. The highest BCUT2D eigenvalue weighted by molar-refractivity contribution is 5.83. The summed E-state index contributed by atoms with van der Waals surface area (Å²) in [6, 6.07) is 0. The molecule has 0 aromatic rings. The molecule has 4 aliphatic carbocycles. The Hall–Kier alpha value is -0.570. The molecule has 1 amide bonds. The van der Waals surface area contributed by atoms with Crippen LogP contribution in [-0.2, 0) is 4.79 Å². The fourth-order valence-corrected chi connectivity index (χ4v) is 5.05. The zero-order valence-electron chi connectivity index (χ0n) is 12.5. The van der Waals surface area contributed by atoms with Crippen molar-refractivity contribution in [3.8, 4) is 0 Å². The number of likely N-dealkylation sites (N-methyl/N-ethyl adjacent to an activating group) is 1. The van der Waals surface area contributed by atoms with E-state index in [0.717, 1.165) is 30.8 Å². The average molecular weight is 264 g/mol. The maximum Gasteiger partial charge on any atom is 0.226 e. The zero-order chi connectivity index (χ0) is 13.5. The van der Waals surface area contributed by atoms with Gasteiger partial charge in [-0.2, -0.15) is 0 Å². The first kappa shape index (κ1) is 13.4. The number of nitrogens with one attached hydrogen (secondary N) is 1. The highest BCUT2D eigenvalue weighted by Crippen LogP contribution is 2.57. The molecule has 0 aromatic heterocycles. The van der Waals surface area contributed by atoms with Gasteiger partial charge in [0.15, 0.2) is 0 Å². The maximum absolute atomic E-state index is 12.7. The topological polar surface area (TPSA) is 32.3 Å². The van der Waals surface area contributed by atoms with Crippen molar-refractivity contribution in [3.05, 3.63) is 0 Å². The molecule has 0 saturated heterocycles. The second kappa shape index (κ2) is 5.08. The molecule has 3 heteroatoms. The standard InChI is InChI=1S/C16H28N2O/c1-18(2)6-5-17-15(19)16-9-12-3-4-13(10-16)8-14(7-12)11-16/h12-14H,3-11H2,1-2H3,(H,17,19)/t12-,13+,14?,16?.